The number of piperidine rings is 1. The molecule has 1 aliphatic carbocycles. The van der Waals surface area contributed by atoms with Crippen molar-refractivity contribution in [2.75, 3.05) is 26.2 Å². The number of hydrogen-bond acceptors (Lipinski definition) is 2. The average Bonchev–Trinajstić information content (AvgIpc) is 3.10. The minimum atomic E-state index is 0.753. The Hall–Kier alpha value is -0.0800. The Bertz CT molecular complexity index is 223. The average molecular weight is 238 g/mol. The molecule has 2 aliphatic rings. The summed E-state index contributed by atoms with van der Waals surface area (Å²) < 4.78 is 0. The first-order chi connectivity index (χ1) is 8.19. The van der Waals surface area contributed by atoms with Gasteiger partial charge >= 0.3 is 0 Å². The third-order valence-corrected chi connectivity index (χ3v) is 4.43. The Kier molecular flexibility index (Phi) is 4.87. The van der Waals surface area contributed by atoms with Crippen molar-refractivity contribution in [1.29, 1.82) is 0 Å². The Morgan fingerprint density at radius 1 is 1.24 bits per heavy atom. The van der Waals surface area contributed by atoms with Crippen LogP contribution in [0.15, 0.2) is 0 Å². The van der Waals surface area contributed by atoms with Gasteiger partial charge < -0.3 is 10.2 Å². The van der Waals surface area contributed by atoms with Crippen molar-refractivity contribution in [2.45, 2.75) is 52.5 Å². The Morgan fingerprint density at radius 2 is 2.00 bits per heavy atom. The molecule has 0 bridgehead atoms. The first-order valence-electron chi connectivity index (χ1n) is 7.64. The summed E-state index contributed by atoms with van der Waals surface area (Å²) in [4.78, 5) is 2.68. The lowest BCUT2D eigenvalue weighted by Gasteiger charge is -2.40. The highest BCUT2D eigenvalue weighted by Gasteiger charge is 2.29. The van der Waals surface area contributed by atoms with Gasteiger partial charge in [0.25, 0.3) is 0 Å². The van der Waals surface area contributed by atoms with Crippen molar-refractivity contribution < 1.29 is 0 Å². The van der Waals surface area contributed by atoms with Crippen LogP contribution in [0.3, 0.4) is 0 Å². The molecule has 0 spiro atoms. The minimum absolute atomic E-state index is 0.753. The summed E-state index contributed by atoms with van der Waals surface area (Å²) >= 11 is 0. The van der Waals surface area contributed by atoms with Gasteiger partial charge in [-0.05, 0) is 56.5 Å². The van der Waals surface area contributed by atoms with Crippen molar-refractivity contribution >= 4 is 0 Å². The molecule has 1 heterocycles. The van der Waals surface area contributed by atoms with E-state index in [1.165, 1.54) is 51.9 Å². The molecule has 100 valence electrons. The van der Waals surface area contributed by atoms with E-state index in [1.54, 1.807) is 0 Å². The van der Waals surface area contributed by atoms with Gasteiger partial charge in [0.1, 0.15) is 0 Å². The van der Waals surface area contributed by atoms with Gasteiger partial charge in [0, 0.05) is 19.1 Å². The van der Waals surface area contributed by atoms with Gasteiger partial charge in [-0.15, -0.1) is 0 Å². The van der Waals surface area contributed by atoms with Crippen LogP contribution in [0.4, 0.5) is 0 Å². The molecule has 2 nitrogen and oxygen atoms in total. The van der Waals surface area contributed by atoms with E-state index in [9.17, 15) is 0 Å². The summed E-state index contributed by atoms with van der Waals surface area (Å²) in [7, 11) is 0. The van der Waals surface area contributed by atoms with Crippen LogP contribution in [0, 0.1) is 17.8 Å². The highest BCUT2D eigenvalue weighted by molar-refractivity contribution is 4.86. The predicted molar refractivity (Wildman–Crippen MR) is 74.2 cm³/mol. The molecule has 2 unspecified atom stereocenters. The number of rotatable bonds is 6. The molecule has 1 N–H and O–H groups in total. The molecule has 0 amide bonds. The summed E-state index contributed by atoms with van der Waals surface area (Å²) in [6.07, 6.45) is 5.61. The molecule has 17 heavy (non-hydrogen) atoms. The van der Waals surface area contributed by atoms with E-state index in [0.717, 1.165) is 23.8 Å². The lowest BCUT2D eigenvalue weighted by atomic mass is 9.85. The smallest absolute Gasteiger partial charge is 0.0198 e. The Balaban J connectivity index is 1.81. The van der Waals surface area contributed by atoms with Crippen LogP contribution in [-0.2, 0) is 0 Å². The highest BCUT2D eigenvalue weighted by Crippen LogP contribution is 2.29. The molecule has 1 saturated heterocycles. The summed E-state index contributed by atoms with van der Waals surface area (Å²) in [5.74, 6) is 2.74. The second-order valence-corrected chi connectivity index (χ2v) is 6.55. The summed E-state index contributed by atoms with van der Waals surface area (Å²) in [6.45, 7) is 12.2. The largest absolute Gasteiger partial charge is 0.312 e. The topological polar surface area (TPSA) is 15.3 Å². The molecule has 0 aromatic rings. The zero-order valence-corrected chi connectivity index (χ0v) is 11.9. The molecule has 2 fully saturated rings. The molecule has 0 radical (unpaired) electrons. The number of nitrogens with zero attached hydrogens (tertiary/aromatic N) is 1. The van der Waals surface area contributed by atoms with Gasteiger partial charge in [-0.1, -0.05) is 20.8 Å². The summed E-state index contributed by atoms with van der Waals surface area (Å²) in [5, 5.41) is 3.82. The van der Waals surface area contributed by atoms with E-state index >= 15 is 0 Å². The van der Waals surface area contributed by atoms with Gasteiger partial charge in [-0.3, -0.25) is 0 Å². The SMILES string of the molecule is CCCN1CC(NCC2CC2)CC(C(C)C)C1. The molecule has 1 saturated carbocycles. The summed E-state index contributed by atoms with van der Waals surface area (Å²) in [6, 6.07) is 0.753. The number of nitrogens with one attached hydrogen (secondary N) is 1. The first kappa shape index (κ1) is 13.4. The van der Waals surface area contributed by atoms with Crippen LogP contribution >= 0.6 is 0 Å². The fourth-order valence-corrected chi connectivity index (χ4v) is 3.02. The monoisotopic (exact) mass is 238 g/mol. The lowest BCUT2D eigenvalue weighted by molar-refractivity contribution is 0.115. The van der Waals surface area contributed by atoms with Crippen molar-refractivity contribution in [3.05, 3.63) is 0 Å². The quantitative estimate of drug-likeness (QED) is 0.765. The number of likely N-dealkylation sites (tertiary alicyclic amines) is 1. The first-order valence-corrected chi connectivity index (χ1v) is 7.64. The van der Waals surface area contributed by atoms with E-state index in [1.807, 2.05) is 0 Å². The fourth-order valence-electron chi connectivity index (χ4n) is 3.02. The molecule has 2 atom stereocenters. The molecule has 0 aromatic carbocycles. The molecule has 0 aromatic heterocycles. The summed E-state index contributed by atoms with van der Waals surface area (Å²) in [5.41, 5.74) is 0. The van der Waals surface area contributed by atoms with Gasteiger partial charge in [0.05, 0.1) is 0 Å². The van der Waals surface area contributed by atoms with Crippen molar-refractivity contribution in [3.8, 4) is 0 Å². The molecule has 2 rings (SSSR count). The van der Waals surface area contributed by atoms with Crippen molar-refractivity contribution in [3.63, 3.8) is 0 Å². The van der Waals surface area contributed by atoms with Crippen LogP contribution in [0.5, 0.6) is 0 Å². The zero-order valence-electron chi connectivity index (χ0n) is 11.9. The van der Waals surface area contributed by atoms with E-state index in [0.29, 0.717) is 0 Å². The predicted octanol–water partition coefficient (Wildman–Crippen LogP) is 2.74. The maximum absolute atomic E-state index is 3.82. The standard InChI is InChI=1S/C15H30N2/c1-4-7-17-10-14(12(2)3)8-15(11-17)16-9-13-5-6-13/h12-16H,4-11H2,1-3H3. The van der Waals surface area contributed by atoms with Crippen LogP contribution in [0.2, 0.25) is 0 Å². The van der Waals surface area contributed by atoms with Crippen LogP contribution in [-0.4, -0.2) is 37.1 Å². The van der Waals surface area contributed by atoms with Gasteiger partial charge in [-0.2, -0.15) is 0 Å². The van der Waals surface area contributed by atoms with E-state index in [-0.39, 0.29) is 0 Å². The second kappa shape index (κ2) is 6.19. The third-order valence-electron chi connectivity index (χ3n) is 4.43. The van der Waals surface area contributed by atoms with E-state index in [4.69, 9.17) is 0 Å². The Morgan fingerprint density at radius 3 is 2.59 bits per heavy atom. The van der Waals surface area contributed by atoms with Gasteiger partial charge in [0.2, 0.25) is 0 Å². The van der Waals surface area contributed by atoms with Crippen molar-refractivity contribution in [2.24, 2.45) is 17.8 Å². The van der Waals surface area contributed by atoms with E-state index < -0.39 is 0 Å². The van der Waals surface area contributed by atoms with Crippen LogP contribution < -0.4 is 5.32 Å². The third kappa shape index (κ3) is 4.26. The van der Waals surface area contributed by atoms with Crippen molar-refractivity contribution in [1.82, 2.24) is 10.2 Å². The Labute approximate surface area is 107 Å². The van der Waals surface area contributed by atoms with Gasteiger partial charge in [0.15, 0.2) is 0 Å². The lowest BCUT2D eigenvalue weighted by Crippen LogP contribution is -2.50. The highest BCUT2D eigenvalue weighted by atomic mass is 15.2. The second-order valence-electron chi connectivity index (χ2n) is 6.55. The fraction of sp³-hybridized carbons (Fsp3) is 1.00. The normalized spacial score (nSPS) is 31.1. The maximum Gasteiger partial charge on any atom is 0.0198 e. The van der Waals surface area contributed by atoms with Crippen LogP contribution in [0.25, 0.3) is 0 Å². The molecular formula is C15H30N2. The molecule has 2 heteroatoms. The molecule has 1 aliphatic heterocycles. The van der Waals surface area contributed by atoms with E-state index in [2.05, 4.69) is 31.0 Å². The minimum Gasteiger partial charge on any atom is -0.312 e. The van der Waals surface area contributed by atoms with Crippen LogP contribution in [0.1, 0.15) is 46.5 Å². The molecular weight excluding hydrogens is 208 g/mol. The number of hydrogen-bond donors (Lipinski definition) is 1. The maximum atomic E-state index is 3.82. The zero-order chi connectivity index (χ0) is 12.3. The van der Waals surface area contributed by atoms with Gasteiger partial charge in [-0.25, -0.2) is 0 Å².